The van der Waals surface area contributed by atoms with Crippen LogP contribution in [0.1, 0.15) is 47.9 Å². The molecule has 0 amide bonds. The Labute approximate surface area is 155 Å². The summed E-state index contributed by atoms with van der Waals surface area (Å²) in [5, 5.41) is 0. The van der Waals surface area contributed by atoms with Crippen LogP contribution >= 0.6 is 0 Å². The van der Waals surface area contributed by atoms with Gasteiger partial charge in [-0.05, 0) is 87.1 Å². The van der Waals surface area contributed by atoms with Gasteiger partial charge in [0, 0.05) is 12.8 Å². The van der Waals surface area contributed by atoms with Gasteiger partial charge in [-0.25, -0.2) is 0 Å². The van der Waals surface area contributed by atoms with Crippen LogP contribution in [0.25, 0.3) is 0 Å². The van der Waals surface area contributed by atoms with Gasteiger partial charge in [0.15, 0.2) is 0 Å². The Kier molecular flexibility index (Phi) is 6.96. The number of rotatable bonds is 7. The van der Waals surface area contributed by atoms with Gasteiger partial charge in [-0.1, -0.05) is 12.1 Å². The van der Waals surface area contributed by atoms with Gasteiger partial charge in [0.05, 0.1) is 0 Å². The van der Waals surface area contributed by atoms with Crippen molar-refractivity contribution < 1.29 is 19.1 Å². The number of benzene rings is 2. The molecule has 26 heavy (non-hydrogen) atoms. The standard InChI is InChI=1S/C22H26O4/c1-15-9-16(2)12-19(11-15)25-21(23)7-5-6-8-22(24)26-20-13-17(3)10-18(4)14-20/h9-14H,5-8H2,1-4H3. The van der Waals surface area contributed by atoms with Crippen LogP contribution in [0.4, 0.5) is 0 Å². The van der Waals surface area contributed by atoms with Gasteiger partial charge in [0.1, 0.15) is 11.5 Å². The minimum Gasteiger partial charge on any atom is -0.427 e. The van der Waals surface area contributed by atoms with E-state index in [0.717, 1.165) is 22.3 Å². The summed E-state index contributed by atoms with van der Waals surface area (Å²) in [5.74, 6) is 0.582. The van der Waals surface area contributed by atoms with Crippen LogP contribution in [0, 0.1) is 27.7 Å². The summed E-state index contributed by atoms with van der Waals surface area (Å²) in [4.78, 5) is 23.8. The quantitative estimate of drug-likeness (QED) is 0.399. The molecule has 0 atom stereocenters. The lowest BCUT2D eigenvalue weighted by molar-refractivity contribution is -0.136. The number of unbranched alkanes of at least 4 members (excludes halogenated alkanes) is 1. The summed E-state index contributed by atoms with van der Waals surface area (Å²) in [7, 11) is 0. The van der Waals surface area contributed by atoms with Crippen LogP contribution in [0.15, 0.2) is 36.4 Å². The van der Waals surface area contributed by atoms with Crippen LogP contribution < -0.4 is 9.47 Å². The Bertz CT molecular complexity index is 685. The molecule has 0 saturated heterocycles. The molecule has 0 heterocycles. The summed E-state index contributed by atoms with van der Waals surface area (Å²) >= 11 is 0. The molecule has 4 heteroatoms. The Hall–Kier alpha value is -2.62. The smallest absolute Gasteiger partial charge is 0.311 e. The molecular weight excluding hydrogens is 328 g/mol. The summed E-state index contributed by atoms with van der Waals surface area (Å²) in [6.45, 7) is 7.86. The van der Waals surface area contributed by atoms with E-state index in [1.807, 2.05) is 64.1 Å². The van der Waals surface area contributed by atoms with E-state index in [-0.39, 0.29) is 24.8 Å². The van der Waals surface area contributed by atoms with Crippen molar-refractivity contribution in [3.05, 3.63) is 58.7 Å². The largest absolute Gasteiger partial charge is 0.427 e. The summed E-state index contributed by atoms with van der Waals surface area (Å²) in [6, 6.07) is 11.4. The number of carbonyl (C=O) groups excluding carboxylic acids is 2. The summed E-state index contributed by atoms with van der Waals surface area (Å²) < 4.78 is 10.7. The Morgan fingerprint density at radius 3 is 1.23 bits per heavy atom. The second kappa shape index (κ2) is 9.18. The third kappa shape index (κ3) is 6.71. The SMILES string of the molecule is Cc1cc(C)cc(OC(=O)CCCCC(=O)Oc2cc(C)cc(C)c2)c1. The number of esters is 2. The first-order chi connectivity index (χ1) is 12.3. The van der Waals surface area contributed by atoms with Crippen LogP contribution in [-0.4, -0.2) is 11.9 Å². The fourth-order valence-corrected chi connectivity index (χ4v) is 2.89. The fraction of sp³-hybridized carbons (Fsp3) is 0.364. The molecule has 0 aliphatic heterocycles. The van der Waals surface area contributed by atoms with E-state index in [0.29, 0.717) is 24.3 Å². The normalized spacial score (nSPS) is 10.5. The zero-order valence-corrected chi connectivity index (χ0v) is 15.9. The van der Waals surface area contributed by atoms with E-state index >= 15 is 0 Å². The lowest BCUT2D eigenvalue weighted by Crippen LogP contribution is -2.10. The van der Waals surface area contributed by atoms with Gasteiger partial charge < -0.3 is 9.47 Å². The van der Waals surface area contributed by atoms with Gasteiger partial charge >= 0.3 is 11.9 Å². The third-order valence-electron chi connectivity index (χ3n) is 3.87. The van der Waals surface area contributed by atoms with E-state index in [9.17, 15) is 9.59 Å². The van der Waals surface area contributed by atoms with Crippen molar-refractivity contribution in [2.24, 2.45) is 0 Å². The van der Waals surface area contributed by atoms with Crippen molar-refractivity contribution >= 4 is 11.9 Å². The van der Waals surface area contributed by atoms with Crippen molar-refractivity contribution in [1.82, 2.24) is 0 Å². The number of hydrogen-bond donors (Lipinski definition) is 0. The second-order valence-corrected chi connectivity index (χ2v) is 6.80. The molecule has 0 saturated carbocycles. The molecule has 0 bridgehead atoms. The molecule has 2 aromatic rings. The molecule has 0 unspecified atom stereocenters. The Balaban J connectivity index is 1.70. The molecule has 4 nitrogen and oxygen atoms in total. The first-order valence-electron chi connectivity index (χ1n) is 8.90. The van der Waals surface area contributed by atoms with Crippen molar-refractivity contribution in [1.29, 1.82) is 0 Å². The zero-order chi connectivity index (χ0) is 19.1. The summed E-state index contributed by atoms with van der Waals surface area (Å²) in [6.07, 6.45) is 1.74. The lowest BCUT2D eigenvalue weighted by atomic mass is 10.1. The molecule has 0 fully saturated rings. The first-order valence-corrected chi connectivity index (χ1v) is 8.90. The molecule has 2 rings (SSSR count). The average Bonchev–Trinajstić information content (AvgIpc) is 2.49. The van der Waals surface area contributed by atoms with Gasteiger partial charge in [-0.15, -0.1) is 0 Å². The monoisotopic (exact) mass is 354 g/mol. The molecule has 0 aliphatic rings. The van der Waals surface area contributed by atoms with E-state index in [4.69, 9.17) is 9.47 Å². The third-order valence-corrected chi connectivity index (χ3v) is 3.87. The van der Waals surface area contributed by atoms with Gasteiger partial charge in [0.25, 0.3) is 0 Å². The Morgan fingerprint density at radius 1 is 0.615 bits per heavy atom. The maximum absolute atomic E-state index is 11.9. The van der Waals surface area contributed by atoms with Crippen molar-refractivity contribution in [2.75, 3.05) is 0 Å². The maximum atomic E-state index is 11.9. The van der Waals surface area contributed by atoms with Gasteiger partial charge in [0.2, 0.25) is 0 Å². The number of ether oxygens (including phenoxy) is 2. The van der Waals surface area contributed by atoms with Crippen LogP contribution in [-0.2, 0) is 9.59 Å². The highest BCUT2D eigenvalue weighted by atomic mass is 16.5. The van der Waals surface area contributed by atoms with E-state index in [2.05, 4.69) is 0 Å². The second-order valence-electron chi connectivity index (χ2n) is 6.80. The zero-order valence-electron chi connectivity index (χ0n) is 15.9. The number of carbonyl (C=O) groups is 2. The van der Waals surface area contributed by atoms with E-state index < -0.39 is 0 Å². The minimum absolute atomic E-state index is 0.280. The number of hydrogen-bond acceptors (Lipinski definition) is 4. The fourth-order valence-electron chi connectivity index (χ4n) is 2.89. The van der Waals surface area contributed by atoms with Gasteiger partial charge in [-0.2, -0.15) is 0 Å². The lowest BCUT2D eigenvalue weighted by Gasteiger charge is -2.07. The first kappa shape index (κ1) is 19.7. The molecule has 0 spiro atoms. The average molecular weight is 354 g/mol. The highest BCUT2D eigenvalue weighted by molar-refractivity contribution is 5.73. The summed E-state index contributed by atoms with van der Waals surface area (Å²) in [5.41, 5.74) is 4.23. The topological polar surface area (TPSA) is 52.6 Å². The molecule has 0 aliphatic carbocycles. The maximum Gasteiger partial charge on any atom is 0.311 e. The van der Waals surface area contributed by atoms with Crippen molar-refractivity contribution in [3.8, 4) is 11.5 Å². The van der Waals surface area contributed by atoms with E-state index in [1.165, 1.54) is 0 Å². The Morgan fingerprint density at radius 2 is 0.923 bits per heavy atom. The highest BCUT2D eigenvalue weighted by Gasteiger charge is 2.09. The predicted molar refractivity (Wildman–Crippen MR) is 102 cm³/mol. The highest BCUT2D eigenvalue weighted by Crippen LogP contribution is 2.18. The van der Waals surface area contributed by atoms with E-state index in [1.54, 1.807) is 0 Å². The van der Waals surface area contributed by atoms with Crippen LogP contribution in [0.3, 0.4) is 0 Å². The molecule has 2 aromatic carbocycles. The van der Waals surface area contributed by atoms with Crippen LogP contribution in [0.5, 0.6) is 11.5 Å². The van der Waals surface area contributed by atoms with Crippen molar-refractivity contribution in [3.63, 3.8) is 0 Å². The molecule has 0 radical (unpaired) electrons. The minimum atomic E-state index is -0.280. The number of aryl methyl sites for hydroxylation is 4. The molecule has 138 valence electrons. The van der Waals surface area contributed by atoms with Gasteiger partial charge in [-0.3, -0.25) is 9.59 Å². The van der Waals surface area contributed by atoms with Crippen molar-refractivity contribution in [2.45, 2.75) is 53.4 Å². The predicted octanol–water partition coefficient (Wildman–Crippen LogP) is 4.99. The molecule has 0 N–H and O–H groups in total. The molecule has 0 aromatic heterocycles. The molecular formula is C22H26O4. The van der Waals surface area contributed by atoms with Crippen LogP contribution in [0.2, 0.25) is 0 Å².